The lowest BCUT2D eigenvalue weighted by Crippen LogP contribution is -2.19. The molecule has 0 amide bonds. The highest BCUT2D eigenvalue weighted by Gasteiger charge is 2.22. The Labute approximate surface area is 168 Å². The van der Waals surface area contributed by atoms with E-state index in [0.717, 1.165) is 10.9 Å². The number of benzene rings is 2. The van der Waals surface area contributed by atoms with E-state index in [4.69, 9.17) is 9.47 Å². The maximum atomic E-state index is 12.1. The molecule has 0 aliphatic rings. The predicted molar refractivity (Wildman–Crippen MR) is 111 cm³/mol. The van der Waals surface area contributed by atoms with Crippen molar-refractivity contribution in [2.75, 3.05) is 25.7 Å². The maximum absolute atomic E-state index is 12.1. The fraction of sp³-hybridized carbons (Fsp3) is 0.300. The summed E-state index contributed by atoms with van der Waals surface area (Å²) in [5.74, 6) is 0.953. The van der Waals surface area contributed by atoms with Gasteiger partial charge in [-0.1, -0.05) is 6.07 Å². The lowest BCUT2D eigenvalue weighted by molar-refractivity contribution is -0.384. The van der Waals surface area contributed by atoms with Gasteiger partial charge < -0.3 is 14.0 Å². The Morgan fingerprint density at radius 3 is 2.45 bits per heavy atom. The molecule has 1 heterocycles. The Kier molecular flexibility index (Phi) is 5.78. The molecule has 1 unspecified atom stereocenters. The Morgan fingerprint density at radius 1 is 1.10 bits per heavy atom. The quantitative estimate of drug-likeness (QED) is 0.409. The third-order valence-electron chi connectivity index (χ3n) is 4.55. The number of fused-ring (bicyclic) bond motifs is 1. The highest BCUT2D eigenvalue weighted by Crippen LogP contribution is 2.33. The van der Waals surface area contributed by atoms with Gasteiger partial charge in [0.05, 0.1) is 30.4 Å². The second kappa shape index (κ2) is 8.12. The first-order chi connectivity index (χ1) is 13.7. The van der Waals surface area contributed by atoms with Crippen molar-refractivity contribution >= 4 is 26.3 Å². The minimum atomic E-state index is -3.32. The topological polar surface area (TPSA) is 101 Å². The number of hydrogen-bond donors (Lipinski definition) is 0. The van der Waals surface area contributed by atoms with Crippen LogP contribution in [0.1, 0.15) is 18.5 Å². The van der Waals surface area contributed by atoms with Crippen LogP contribution in [-0.2, 0) is 9.84 Å². The van der Waals surface area contributed by atoms with Crippen molar-refractivity contribution in [3.8, 4) is 11.5 Å². The number of nitro groups is 1. The third-order valence-corrected chi connectivity index (χ3v) is 5.47. The molecule has 1 atom stereocenters. The van der Waals surface area contributed by atoms with Gasteiger partial charge in [0, 0.05) is 36.2 Å². The molecule has 29 heavy (non-hydrogen) atoms. The van der Waals surface area contributed by atoms with Gasteiger partial charge in [0.1, 0.15) is 9.84 Å². The first-order valence-corrected chi connectivity index (χ1v) is 11.0. The molecule has 0 radical (unpaired) electrons. The fourth-order valence-corrected chi connectivity index (χ4v) is 4.19. The molecule has 8 nitrogen and oxygen atoms in total. The van der Waals surface area contributed by atoms with E-state index in [1.165, 1.54) is 25.5 Å². The molecule has 0 bridgehead atoms. The van der Waals surface area contributed by atoms with Crippen LogP contribution in [0.4, 0.5) is 5.69 Å². The van der Waals surface area contributed by atoms with Crippen LogP contribution >= 0.6 is 0 Å². The maximum Gasteiger partial charge on any atom is 0.270 e. The largest absolute Gasteiger partial charge is 0.493 e. The summed E-state index contributed by atoms with van der Waals surface area (Å²) in [5, 5.41) is 12.5. The van der Waals surface area contributed by atoms with Crippen LogP contribution in [0.3, 0.4) is 0 Å². The smallest absolute Gasteiger partial charge is 0.270 e. The molecular weight excluding hydrogens is 396 g/mol. The van der Waals surface area contributed by atoms with Crippen LogP contribution in [0.15, 0.2) is 48.8 Å². The second-order valence-corrected chi connectivity index (χ2v) is 8.91. The van der Waals surface area contributed by atoms with E-state index in [1.807, 2.05) is 6.92 Å². The molecule has 0 fully saturated rings. The number of methoxy groups -OCH3 is 1. The molecule has 1 aromatic heterocycles. The first kappa shape index (κ1) is 20.7. The summed E-state index contributed by atoms with van der Waals surface area (Å²) < 4.78 is 37.0. The number of hydrogen-bond acceptors (Lipinski definition) is 6. The van der Waals surface area contributed by atoms with E-state index in [9.17, 15) is 18.5 Å². The molecule has 0 N–H and O–H groups in total. The molecule has 0 saturated heterocycles. The molecule has 0 aliphatic heterocycles. The van der Waals surface area contributed by atoms with Crippen LogP contribution in [0.2, 0.25) is 0 Å². The van der Waals surface area contributed by atoms with Crippen molar-refractivity contribution in [1.82, 2.24) is 4.57 Å². The van der Waals surface area contributed by atoms with Crippen LogP contribution < -0.4 is 9.47 Å². The number of nitrogens with zero attached hydrogens (tertiary/aromatic N) is 2. The van der Waals surface area contributed by atoms with Gasteiger partial charge in [-0.25, -0.2) is 8.42 Å². The van der Waals surface area contributed by atoms with Gasteiger partial charge in [0.25, 0.3) is 5.69 Å². The van der Waals surface area contributed by atoms with E-state index < -0.39 is 20.8 Å². The first-order valence-electron chi connectivity index (χ1n) is 8.96. The van der Waals surface area contributed by atoms with Crippen molar-refractivity contribution < 1.29 is 22.8 Å². The van der Waals surface area contributed by atoms with E-state index >= 15 is 0 Å². The molecule has 0 saturated carbocycles. The number of rotatable bonds is 8. The zero-order valence-corrected chi connectivity index (χ0v) is 17.2. The van der Waals surface area contributed by atoms with Gasteiger partial charge in [-0.15, -0.1) is 0 Å². The fourth-order valence-electron chi connectivity index (χ4n) is 3.25. The molecule has 154 valence electrons. The number of nitro benzene ring substituents is 1. The van der Waals surface area contributed by atoms with Gasteiger partial charge in [0.15, 0.2) is 11.5 Å². The van der Waals surface area contributed by atoms with Crippen LogP contribution in [0, 0.1) is 10.1 Å². The standard InChI is InChI=1S/C20H22N2O6S/c1-4-28-20-10-14(6-8-19(20)27-2)18(13-29(3,25)26)21-11-15-5-7-17(22(23)24)9-16(15)12-21/h5-12,18H,4,13H2,1-3H3. The molecular formula is C20H22N2O6S. The molecule has 3 rings (SSSR count). The summed E-state index contributed by atoms with van der Waals surface area (Å²) in [6.07, 6.45) is 4.70. The van der Waals surface area contributed by atoms with E-state index in [0.29, 0.717) is 23.5 Å². The molecule has 2 aromatic carbocycles. The van der Waals surface area contributed by atoms with Gasteiger partial charge >= 0.3 is 0 Å². The molecule has 0 aliphatic carbocycles. The lowest BCUT2D eigenvalue weighted by atomic mass is 10.1. The van der Waals surface area contributed by atoms with E-state index in [1.54, 1.807) is 41.2 Å². The average Bonchev–Trinajstić information content (AvgIpc) is 3.08. The summed E-state index contributed by atoms with van der Waals surface area (Å²) in [6.45, 7) is 2.29. The van der Waals surface area contributed by atoms with Crippen molar-refractivity contribution in [2.45, 2.75) is 13.0 Å². The van der Waals surface area contributed by atoms with Gasteiger partial charge in [-0.2, -0.15) is 0 Å². The zero-order valence-electron chi connectivity index (χ0n) is 16.4. The summed E-state index contributed by atoms with van der Waals surface area (Å²) in [5.41, 5.74) is 0.715. The van der Waals surface area contributed by atoms with E-state index in [2.05, 4.69) is 0 Å². The minimum absolute atomic E-state index is 0.0157. The Hall–Kier alpha value is -3.07. The molecule has 3 aromatic rings. The predicted octanol–water partition coefficient (Wildman–Crippen LogP) is 3.59. The number of ether oxygens (including phenoxy) is 2. The minimum Gasteiger partial charge on any atom is -0.493 e. The summed E-state index contributed by atoms with van der Waals surface area (Å²) in [7, 11) is -1.78. The SMILES string of the molecule is CCOc1cc(C(CS(C)(=O)=O)n2cc3ccc([N+](=O)[O-])cc3c2)ccc1OC. The zero-order chi connectivity index (χ0) is 21.2. The summed E-state index contributed by atoms with van der Waals surface area (Å²) in [4.78, 5) is 10.6. The molecule has 0 spiro atoms. The van der Waals surface area contributed by atoms with Crippen molar-refractivity contribution in [1.29, 1.82) is 0 Å². The highest BCUT2D eigenvalue weighted by molar-refractivity contribution is 7.90. The van der Waals surface area contributed by atoms with Crippen molar-refractivity contribution in [3.63, 3.8) is 0 Å². The number of sulfone groups is 1. The highest BCUT2D eigenvalue weighted by atomic mass is 32.2. The monoisotopic (exact) mass is 418 g/mol. The average molecular weight is 418 g/mol. The Bertz CT molecular complexity index is 1150. The summed E-state index contributed by atoms with van der Waals surface area (Å²) in [6, 6.07) is 9.34. The van der Waals surface area contributed by atoms with Crippen molar-refractivity contribution in [3.05, 3.63) is 64.5 Å². The van der Waals surface area contributed by atoms with Crippen molar-refractivity contribution in [2.24, 2.45) is 0 Å². The van der Waals surface area contributed by atoms with Crippen LogP contribution in [0.25, 0.3) is 10.8 Å². The normalized spacial score (nSPS) is 12.7. The third kappa shape index (κ3) is 4.68. The lowest BCUT2D eigenvalue weighted by Gasteiger charge is -2.20. The second-order valence-electron chi connectivity index (χ2n) is 6.73. The van der Waals surface area contributed by atoms with Crippen LogP contribution in [0.5, 0.6) is 11.5 Å². The Morgan fingerprint density at radius 2 is 1.83 bits per heavy atom. The van der Waals surface area contributed by atoms with E-state index in [-0.39, 0.29) is 11.4 Å². The van der Waals surface area contributed by atoms with Gasteiger partial charge in [-0.3, -0.25) is 10.1 Å². The van der Waals surface area contributed by atoms with Gasteiger partial charge in [-0.05, 0) is 36.1 Å². The number of aromatic nitrogens is 1. The number of non-ortho nitro benzene ring substituents is 1. The van der Waals surface area contributed by atoms with Crippen LogP contribution in [-0.4, -0.2) is 43.6 Å². The van der Waals surface area contributed by atoms with Gasteiger partial charge in [0.2, 0.25) is 0 Å². The summed E-state index contributed by atoms with van der Waals surface area (Å²) >= 11 is 0. The Balaban J connectivity index is 2.12. The molecule has 9 heteroatoms.